The predicted octanol–water partition coefficient (Wildman–Crippen LogP) is 2.44. The molecule has 1 atom stereocenters. The molecule has 0 spiro atoms. The summed E-state index contributed by atoms with van der Waals surface area (Å²) < 4.78 is 42.9. The van der Waals surface area contributed by atoms with Crippen LogP contribution in [0.3, 0.4) is 0 Å². The second-order valence-corrected chi connectivity index (χ2v) is 8.91. The Morgan fingerprint density at radius 3 is 2.75 bits per heavy atom. The van der Waals surface area contributed by atoms with E-state index in [4.69, 9.17) is 15.6 Å². The number of pyridine rings is 1. The first-order valence-corrected chi connectivity index (χ1v) is 11.1. The lowest BCUT2D eigenvalue weighted by molar-refractivity contribution is -0.134. The van der Waals surface area contributed by atoms with Crippen LogP contribution in [0.1, 0.15) is 36.5 Å². The van der Waals surface area contributed by atoms with E-state index < -0.39 is 23.9 Å². The fourth-order valence-electron chi connectivity index (χ4n) is 3.78. The smallest absolute Gasteiger partial charge is 0.389 e. The van der Waals surface area contributed by atoms with Crippen LogP contribution in [-0.2, 0) is 11.2 Å². The third-order valence-electron chi connectivity index (χ3n) is 6.03. The minimum atomic E-state index is -4.31. The third-order valence-corrected chi connectivity index (χ3v) is 6.03. The standard InChI is InChI=1S/C23H28F3N7O3/c1-22(2)14(9-27)11-33(21(22)35)18(28)16(10-29-3)31-19(34)17-12-36-20(32-17)13-5-7-30-15(8-13)4-6-23(24,25)26/h5,7-8,10,12,14,28-29H,4,6,9,11,27H2,1-3H3,(H,31,34)/b16-10+,28-18?. The first kappa shape index (κ1) is 26.9. The summed E-state index contributed by atoms with van der Waals surface area (Å²) in [5.74, 6) is -1.33. The van der Waals surface area contributed by atoms with Crippen LogP contribution in [0.15, 0.2) is 40.9 Å². The molecular formula is C23H28F3N7O3. The van der Waals surface area contributed by atoms with E-state index in [-0.39, 0.29) is 60.1 Å². The normalized spacial score (nSPS) is 17.9. The first-order chi connectivity index (χ1) is 16.9. The summed E-state index contributed by atoms with van der Waals surface area (Å²) in [6.45, 7) is 4.05. The second kappa shape index (κ2) is 10.5. The number of oxazole rings is 1. The highest BCUT2D eigenvalue weighted by atomic mass is 19.4. The number of nitrogens with two attached hydrogens (primary N) is 1. The van der Waals surface area contributed by atoms with Gasteiger partial charge in [0.05, 0.1) is 5.70 Å². The van der Waals surface area contributed by atoms with Crippen LogP contribution in [0.5, 0.6) is 0 Å². The zero-order valence-electron chi connectivity index (χ0n) is 20.1. The van der Waals surface area contributed by atoms with Gasteiger partial charge in [-0.25, -0.2) is 4.98 Å². The molecule has 0 aliphatic carbocycles. The number of hydrogen-bond donors (Lipinski definition) is 4. The highest BCUT2D eigenvalue weighted by Gasteiger charge is 2.48. The zero-order chi connectivity index (χ0) is 26.7. The molecule has 3 heterocycles. The summed E-state index contributed by atoms with van der Waals surface area (Å²) >= 11 is 0. The first-order valence-electron chi connectivity index (χ1n) is 11.1. The van der Waals surface area contributed by atoms with Crippen molar-refractivity contribution < 1.29 is 27.2 Å². The summed E-state index contributed by atoms with van der Waals surface area (Å²) in [6, 6.07) is 2.91. The number of carbonyl (C=O) groups is 2. The molecule has 1 saturated heterocycles. The number of likely N-dealkylation sites (tertiary alicyclic amines) is 1. The Hall–Kier alpha value is -3.74. The third kappa shape index (κ3) is 5.90. The number of amidine groups is 1. The molecule has 0 radical (unpaired) electrons. The maximum Gasteiger partial charge on any atom is 0.389 e. The van der Waals surface area contributed by atoms with Crippen LogP contribution in [0, 0.1) is 16.7 Å². The van der Waals surface area contributed by atoms with Crippen LogP contribution in [0.2, 0.25) is 0 Å². The van der Waals surface area contributed by atoms with Crippen LogP contribution < -0.4 is 16.4 Å². The molecular weight excluding hydrogens is 479 g/mol. The highest BCUT2D eigenvalue weighted by molar-refractivity contribution is 6.10. The number of amides is 2. The van der Waals surface area contributed by atoms with Gasteiger partial charge in [0, 0.05) is 55.0 Å². The fraction of sp³-hybridized carbons (Fsp3) is 0.435. The number of halogens is 3. The van der Waals surface area contributed by atoms with E-state index in [2.05, 4.69) is 20.6 Å². The van der Waals surface area contributed by atoms with Gasteiger partial charge >= 0.3 is 6.18 Å². The van der Waals surface area contributed by atoms with Gasteiger partial charge in [-0.1, -0.05) is 13.8 Å². The van der Waals surface area contributed by atoms with Gasteiger partial charge in [-0.3, -0.25) is 24.9 Å². The van der Waals surface area contributed by atoms with Crippen LogP contribution in [0.25, 0.3) is 11.5 Å². The number of nitrogens with one attached hydrogen (secondary N) is 3. The number of aromatic nitrogens is 2. The van der Waals surface area contributed by atoms with Crippen molar-refractivity contribution in [1.82, 2.24) is 25.5 Å². The Labute approximate surface area is 205 Å². The summed E-state index contributed by atoms with van der Waals surface area (Å²) in [7, 11) is 1.58. The van der Waals surface area contributed by atoms with Crippen molar-refractivity contribution in [1.29, 1.82) is 5.41 Å². The fourth-order valence-corrected chi connectivity index (χ4v) is 3.78. The van der Waals surface area contributed by atoms with E-state index in [0.717, 1.165) is 6.26 Å². The Balaban J connectivity index is 1.74. The van der Waals surface area contributed by atoms with Crippen LogP contribution in [0.4, 0.5) is 13.2 Å². The zero-order valence-corrected chi connectivity index (χ0v) is 20.1. The molecule has 2 aromatic heterocycles. The SMILES string of the molecule is CN/C=C(/NC(=O)c1coc(-c2ccnc(CCC(F)(F)F)c2)n1)C(=N)N1CC(CN)C(C)(C)C1=O. The largest absolute Gasteiger partial charge is 0.444 e. The van der Waals surface area contributed by atoms with Gasteiger partial charge in [0.1, 0.15) is 6.26 Å². The van der Waals surface area contributed by atoms with Crippen molar-refractivity contribution in [2.75, 3.05) is 20.1 Å². The van der Waals surface area contributed by atoms with Crippen molar-refractivity contribution in [2.45, 2.75) is 32.9 Å². The molecule has 0 aromatic carbocycles. The quantitative estimate of drug-likeness (QED) is 0.317. The molecule has 0 saturated carbocycles. The van der Waals surface area contributed by atoms with Crippen molar-refractivity contribution in [3.63, 3.8) is 0 Å². The number of alkyl halides is 3. The number of carbonyl (C=O) groups excluding carboxylic acids is 2. The number of rotatable bonds is 8. The van der Waals surface area contributed by atoms with Gasteiger partial charge in [-0.2, -0.15) is 13.2 Å². The molecule has 194 valence electrons. The molecule has 0 bridgehead atoms. The van der Waals surface area contributed by atoms with Gasteiger partial charge in [-0.15, -0.1) is 0 Å². The Bertz CT molecular complexity index is 1170. The average molecular weight is 508 g/mol. The lowest BCUT2D eigenvalue weighted by Gasteiger charge is -2.22. The van der Waals surface area contributed by atoms with E-state index in [1.807, 2.05) is 0 Å². The molecule has 2 aromatic rings. The van der Waals surface area contributed by atoms with E-state index >= 15 is 0 Å². The molecule has 36 heavy (non-hydrogen) atoms. The molecule has 13 heteroatoms. The number of hydrogen-bond acceptors (Lipinski definition) is 8. The average Bonchev–Trinajstić information content (AvgIpc) is 3.40. The van der Waals surface area contributed by atoms with Gasteiger partial charge in [0.25, 0.3) is 5.91 Å². The van der Waals surface area contributed by atoms with E-state index in [9.17, 15) is 22.8 Å². The molecule has 5 N–H and O–H groups in total. The van der Waals surface area contributed by atoms with Crippen molar-refractivity contribution >= 4 is 17.6 Å². The van der Waals surface area contributed by atoms with Gasteiger partial charge < -0.3 is 20.8 Å². The lowest BCUT2D eigenvalue weighted by atomic mass is 9.81. The number of nitrogens with zero attached hydrogens (tertiary/aromatic N) is 3. The van der Waals surface area contributed by atoms with E-state index in [1.165, 1.54) is 29.4 Å². The van der Waals surface area contributed by atoms with E-state index in [0.29, 0.717) is 5.56 Å². The molecule has 10 nitrogen and oxygen atoms in total. The van der Waals surface area contributed by atoms with E-state index in [1.54, 1.807) is 20.9 Å². The summed E-state index contributed by atoms with van der Waals surface area (Å²) in [4.78, 5) is 35.0. The molecule has 1 aliphatic rings. The van der Waals surface area contributed by atoms with Crippen molar-refractivity contribution in [3.05, 3.63) is 47.9 Å². The predicted molar refractivity (Wildman–Crippen MR) is 124 cm³/mol. The second-order valence-electron chi connectivity index (χ2n) is 8.91. The summed E-state index contributed by atoms with van der Waals surface area (Å²) in [6.07, 6.45) is -1.83. The monoisotopic (exact) mass is 507 g/mol. The minimum absolute atomic E-state index is 0.0206. The highest BCUT2D eigenvalue weighted by Crippen LogP contribution is 2.36. The lowest BCUT2D eigenvalue weighted by Crippen LogP contribution is -2.41. The minimum Gasteiger partial charge on any atom is -0.444 e. The maximum atomic E-state index is 12.9. The van der Waals surface area contributed by atoms with Gasteiger partial charge in [0.15, 0.2) is 11.5 Å². The van der Waals surface area contributed by atoms with Crippen LogP contribution in [-0.4, -0.2) is 58.8 Å². The van der Waals surface area contributed by atoms with Crippen LogP contribution >= 0.6 is 0 Å². The molecule has 2 amide bonds. The summed E-state index contributed by atoms with van der Waals surface area (Å²) in [5.41, 5.74) is 5.53. The maximum absolute atomic E-state index is 12.9. The van der Waals surface area contributed by atoms with Gasteiger partial charge in [0.2, 0.25) is 11.8 Å². The number of aryl methyl sites for hydroxylation is 1. The van der Waals surface area contributed by atoms with Crippen molar-refractivity contribution in [3.8, 4) is 11.5 Å². The molecule has 1 unspecified atom stereocenters. The Morgan fingerprint density at radius 2 is 2.14 bits per heavy atom. The topological polar surface area (TPSA) is 150 Å². The molecule has 1 aliphatic heterocycles. The molecule has 1 fully saturated rings. The Morgan fingerprint density at radius 1 is 1.42 bits per heavy atom. The Kier molecular flexibility index (Phi) is 7.82. The summed E-state index contributed by atoms with van der Waals surface area (Å²) in [5, 5.41) is 13.8. The van der Waals surface area contributed by atoms with Crippen molar-refractivity contribution in [2.24, 2.45) is 17.1 Å². The van der Waals surface area contributed by atoms with Gasteiger partial charge in [-0.05, 0) is 25.1 Å². The molecule has 3 rings (SSSR count).